The van der Waals surface area contributed by atoms with Crippen LogP contribution in [0.25, 0.3) is 0 Å². The van der Waals surface area contributed by atoms with Gasteiger partial charge in [-0.25, -0.2) is 0 Å². The van der Waals surface area contributed by atoms with Gasteiger partial charge >= 0.3 is 0 Å². The summed E-state index contributed by atoms with van der Waals surface area (Å²) in [6, 6.07) is 7.94. The highest BCUT2D eigenvalue weighted by atomic mass is 35.5. The number of aryl methyl sites for hydroxylation is 3. The number of rotatable bonds is 4. The van der Waals surface area contributed by atoms with E-state index in [1.807, 2.05) is 45.2 Å². The Labute approximate surface area is 112 Å². The van der Waals surface area contributed by atoms with E-state index in [1.54, 1.807) is 4.68 Å². The average Bonchev–Trinajstić information content (AvgIpc) is 2.64. The Hall–Kier alpha value is -1.48. The Morgan fingerprint density at radius 3 is 2.67 bits per heavy atom. The van der Waals surface area contributed by atoms with Crippen molar-refractivity contribution in [1.29, 1.82) is 0 Å². The van der Waals surface area contributed by atoms with E-state index in [1.165, 1.54) is 0 Å². The van der Waals surface area contributed by atoms with Gasteiger partial charge in [0.25, 0.3) is 0 Å². The molecular weight excluding hydrogens is 248 g/mol. The van der Waals surface area contributed by atoms with Crippen LogP contribution in [0.2, 0.25) is 5.02 Å². The van der Waals surface area contributed by atoms with Crippen LogP contribution in [0, 0.1) is 6.92 Å². The van der Waals surface area contributed by atoms with Gasteiger partial charge in [-0.1, -0.05) is 36.7 Å². The lowest BCUT2D eigenvalue weighted by atomic mass is 10.2. The first-order chi connectivity index (χ1) is 8.63. The van der Waals surface area contributed by atoms with Crippen molar-refractivity contribution in [3.63, 3.8) is 0 Å². The molecule has 18 heavy (non-hydrogen) atoms. The lowest BCUT2D eigenvalue weighted by Gasteiger charge is -2.09. The van der Waals surface area contributed by atoms with Gasteiger partial charge in [0.2, 0.25) is 0 Å². The van der Waals surface area contributed by atoms with E-state index in [0.29, 0.717) is 11.6 Å². The van der Waals surface area contributed by atoms with Gasteiger partial charge in [0.15, 0.2) is 0 Å². The Balaban J connectivity index is 2.16. The molecule has 0 aliphatic heterocycles. The molecule has 0 bridgehead atoms. The van der Waals surface area contributed by atoms with Gasteiger partial charge in [0, 0.05) is 7.05 Å². The number of hydrogen-bond donors (Lipinski definition) is 0. The van der Waals surface area contributed by atoms with Crippen LogP contribution in [-0.2, 0) is 20.1 Å². The fourth-order valence-electron chi connectivity index (χ4n) is 1.84. The van der Waals surface area contributed by atoms with Gasteiger partial charge < -0.3 is 4.74 Å². The summed E-state index contributed by atoms with van der Waals surface area (Å²) in [5, 5.41) is 5.08. The normalized spacial score (nSPS) is 10.7. The molecule has 0 N–H and O–H groups in total. The highest BCUT2D eigenvalue weighted by molar-refractivity contribution is 6.31. The molecule has 1 aromatic heterocycles. The Morgan fingerprint density at radius 1 is 1.33 bits per heavy atom. The molecule has 0 spiro atoms. The van der Waals surface area contributed by atoms with E-state index in [9.17, 15) is 0 Å². The van der Waals surface area contributed by atoms with E-state index < -0.39 is 0 Å². The fourth-order valence-corrected chi connectivity index (χ4v) is 2.19. The zero-order chi connectivity index (χ0) is 13.1. The minimum absolute atomic E-state index is 0.438. The summed E-state index contributed by atoms with van der Waals surface area (Å²) in [5.41, 5.74) is 2.95. The maximum absolute atomic E-state index is 6.27. The maximum Gasteiger partial charge on any atom is 0.131 e. The van der Waals surface area contributed by atoms with E-state index in [2.05, 4.69) is 5.10 Å². The highest BCUT2D eigenvalue weighted by Crippen LogP contribution is 2.23. The molecule has 3 nitrogen and oxygen atoms in total. The van der Waals surface area contributed by atoms with Crippen molar-refractivity contribution in [2.75, 3.05) is 0 Å². The van der Waals surface area contributed by atoms with Gasteiger partial charge in [0.1, 0.15) is 12.4 Å². The van der Waals surface area contributed by atoms with Crippen LogP contribution < -0.4 is 4.74 Å². The average molecular weight is 265 g/mol. The Bertz CT molecular complexity index is 549. The van der Waals surface area contributed by atoms with Crippen molar-refractivity contribution in [3.8, 4) is 5.75 Å². The molecule has 0 saturated heterocycles. The molecule has 0 unspecified atom stereocenters. The van der Waals surface area contributed by atoms with Crippen molar-refractivity contribution in [2.24, 2.45) is 7.05 Å². The van der Waals surface area contributed by atoms with Crippen LogP contribution in [0.1, 0.15) is 23.9 Å². The lowest BCUT2D eigenvalue weighted by molar-refractivity contribution is 0.293. The summed E-state index contributed by atoms with van der Waals surface area (Å²) in [6.07, 6.45) is 0.830. The fraction of sp³-hybridized carbons (Fsp3) is 0.357. The standard InChI is InChI=1S/C14H17ClN2O/c1-4-11-14(15)12(17(3)16-11)9-18-13-8-6-5-7-10(13)2/h5-8H,4,9H2,1-3H3. The number of hydrogen-bond acceptors (Lipinski definition) is 2. The van der Waals surface area contributed by atoms with Crippen molar-refractivity contribution < 1.29 is 4.74 Å². The largest absolute Gasteiger partial charge is 0.487 e. The van der Waals surface area contributed by atoms with E-state index >= 15 is 0 Å². The molecule has 1 heterocycles. The monoisotopic (exact) mass is 264 g/mol. The number of aromatic nitrogens is 2. The van der Waals surface area contributed by atoms with Crippen LogP contribution in [-0.4, -0.2) is 9.78 Å². The Kier molecular flexibility index (Phi) is 3.92. The molecule has 2 aromatic rings. The second-order valence-electron chi connectivity index (χ2n) is 4.24. The first-order valence-corrected chi connectivity index (χ1v) is 6.40. The van der Waals surface area contributed by atoms with Crippen LogP contribution in [0.5, 0.6) is 5.75 Å². The molecule has 1 aromatic carbocycles. The minimum atomic E-state index is 0.438. The van der Waals surface area contributed by atoms with Crippen molar-refractivity contribution >= 4 is 11.6 Å². The molecule has 2 rings (SSSR count). The minimum Gasteiger partial charge on any atom is -0.487 e. The van der Waals surface area contributed by atoms with Gasteiger partial charge in [-0.2, -0.15) is 5.10 Å². The Morgan fingerprint density at radius 2 is 2.06 bits per heavy atom. The molecule has 0 aliphatic carbocycles. The molecule has 0 aliphatic rings. The van der Waals surface area contributed by atoms with Gasteiger partial charge in [-0.15, -0.1) is 0 Å². The van der Waals surface area contributed by atoms with Crippen LogP contribution in [0.4, 0.5) is 0 Å². The first kappa shape index (κ1) is 13.0. The summed E-state index contributed by atoms with van der Waals surface area (Å²) >= 11 is 6.27. The van der Waals surface area contributed by atoms with Gasteiger partial charge in [-0.3, -0.25) is 4.68 Å². The summed E-state index contributed by atoms with van der Waals surface area (Å²) in [7, 11) is 1.89. The third-order valence-electron chi connectivity index (χ3n) is 2.96. The molecule has 0 atom stereocenters. The first-order valence-electron chi connectivity index (χ1n) is 6.02. The number of ether oxygens (including phenoxy) is 1. The quantitative estimate of drug-likeness (QED) is 0.845. The van der Waals surface area contributed by atoms with Crippen molar-refractivity contribution in [3.05, 3.63) is 46.2 Å². The van der Waals surface area contributed by atoms with Crippen LogP contribution in [0.3, 0.4) is 0 Å². The molecular formula is C14H17ClN2O. The number of nitrogens with zero attached hydrogens (tertiary/aromatic N) is 2. The highest BCUT2D eigenvalue weighted by Gasteiger charge is 2.13. The third kappa shape index (κ3) is 2.51. The molecule has 0 radical (unpaired) electrons. The summed E-state index contributed by atoms with van der Waals surface area (Å²) in [4.78, 5) is 0. The summed E-state index contributed by atoms with van der Waals surface area (Å²) in [5.74, 6) is 0.882. The second kappa shape index (κ2) is 5.44. The predicted octanol–water partition coefficient (Wildman–Crippen LogP) is 3.52. The smallest absolute Gasteiger partial charge is 0.131 e. The predicted molar refractivity (Wildman–Crippen MR) is 73.1 cm³/mol. The maximum atomic E-state index is 6.27. The molecule has 4 heteroatoms. The zero-order valence-corrected chi connectivity index (χ0v) is 11.7. The number of halogens is 1. The molecule has 0 saturated carbocycles. The summed E-state index contributed by atoms with van der Waals surface area (Å²) < 4.78 is 7.59. The second-order valence-corrected chi connectivity index (χ2v) is 4.62. The number of benzene rings is 1. The zero-order valence-electron chi connectivity index (χ0n) is 10.9. The topological polar surface area (TPSA) is 27.1 Å². The lowest BCUT2D eigenvalue weighted by Crippen LogP contribution is -2.04. The third-order valence-corrected chi connectivity index (χ3v) is 3.40. The van der Waals surface area contributed by atoms with Crippen molar-refractivity contribution in [1.82, 2.24) is 9.78 Å². The van der Waals surface area contributed by atoms with Crippen molar-refractivity contribution in [2.45, 2.75) is 26.9 Å². The van der Waals surface area contributed by atoms with E-state index in [0.717, 1.165) is 29.1 Å². The van der Waals surface area contributed by atoms with E-state index in [-0.39, 0.29) is 0 Å². The molecule has 96 valence electrons. The van der Waals surface area contributed by atoms with Crippen LogP contribution in [0.15, 0.2) is 24.3 Å². The van der Waals surface area contributed by atoms with E-state index in [4.69, 9.17) is 16.3 Å². The SMILES string of the molecule is CCc1nn(C)c(COc2ccccc2C)c1Cl. The number of para-hydroxylation sites is 1. The van der Waals surface area contributed by atoms with Gasteiger partial charge in [0.05, 0.1) is 16.4 Å². The summed E-state index contributed by atoms with van der Waals surface area (Å²) in [6.45, 7) is 4.50. The van der Waals surface area contributed by atoms with Crippen LogP contribution >= 0.6 is 11.6 Å². The molecule has 0 amide bonds. The molecule has 0 fully saturated rings. The van der Waals surface area contributed by atoms with Gasteiger partial charge in [-0.05, 0) is 25.0 Å².